The van der Waals surface area contributed by atoms with Crippen LogP contribution >= 0.6 is 0 Å². The Hall–Kier alpha value is -1.57. The second kappa shape index (κ2) is 8.57. The number of benzene rings is 1. The molecule has 0 spiro atoms. The molecule has 0 aliphatic heterocycles. The van der Waals surface area contributed by atoms with E-state index in [0.717, 1.165) is 6.54 Å². The minimum atomic E-state index is 0.160. The molecular weight excluding hydrogens is 246 g/mol. The van der Waals surface area contributed by atoms with E-state index in [-0.39, 0.29) is 5.91 Å². The Labute approximate surface area is 123 Å². The van der Waals surface area contributed by atoms with Crippen LogP contribution in [0.3, 0.4) is 0 Å². The Bertz CT molecular complexity index is 460. The van der Waals surface area contributed by atoms with Gasteiger partial charge < -0.3 is 5.32 Å². The van der Waals surface area contributed by atoms with Crippen LogP contribution in [0, 0.1) is 12.8 Å². The molecule has 0 aromatic heterocycles. The number of carbonyl (C=O) groups excluding carboxylic acids is 1. The predicted octanol–water partition coefficient (Wildman–Crippen LogP) is 4.12. The van der Waals surface area contributed by atoms with Crippen LogP contribution in [-0.2, 0) is 11.2 Å². The molecule has 0 saturated carbocycles. The van der Waals surface area contributed by atoms with E-state index < -0.39 is 0 Å². The molecular formula is C18H27NO. The molecule has 0 bridgehead atoms. The molecule has 0 fully saturated rings. The first-order chi connectivity index (χ1) is 9.52. The highest BCUT2D eigenvalue weighted by atomic mass is 16.1. The van der Waals surface area contributed by atoms with Gasteiger partial charge in [-0.1, -0.05) is 49.8 Å². The lowest BCUT2D eigenvalue weighted by molar-refractivity contribution is -0.121. The van der Waals surface area contributed by atoms with Crippen molar-refractivity contribution in [1.82, 2.24) is 5.32 Å². The Balaban J connectivity index is 0.000000206. The third kappa shape index (κ3) is 6.05. The number of carbonyl (C=O) groups is 1. The molecule has 1 amide bonds. The Morgan fingerprint density at radius 2 is 2.10 bits per heavy atom. The number of nitrogens with one attached hydrogen (secondary N) is 1. The Morgan fingerprint density at radius 3 is 2.75 bits per heavy atom. The number of fused-ring (bicyclic) bond motifs is 1. The van der Waals surface area contributed by atoms with Crippen molar-refractivity contribution in [3.8, 4) is 0 Å². The number of hydrogen-bond donors (Lipinski definition) is 1. The largest absolute Gasteiger partial charge is 0.356 e. The van der Waals surface area contributed by atoms with Gasteiger partial charge in [-0.15, -0.1) is 0 Å². The van der Waals surface area contributed by atoms with Crippen LogP contribution in [-0.4, -0.2) is 12.5 Å². The second-order valence-electron chi connectivity index (χ2n) is 5.69. The van der Waals surface area contributed by atoms with Gasteiger partial charge in [0.2, 0.25) is 5.91 Å². The van der Waals surface area contributed by atoms with Gasteiger partial charge in [-0.3, -0.25) is 4.79 Å². The summed E-state index contributed by atoms with van der Waals surface area (Å²) in [6.45, 7) is 8.89. The van der Waals surface area contributed by atoms with E-state index >= 15 is 0 Å². The average Bonchev–Trinajstić information content (AvgIpc) is 2.38. The maximum atomic E-state index is 10.7. The fourth-order valence-electron chi connectivity index (χ4n) is 2.19. The normalized spacial score (nSPS) is 12.4. The minimum Gasteiger partial charge on any atom is -0.356 e. The molecule has 0 radical (unpaired) electrons. The number of rotatable bonds is 3. The molecule has 1 aliphatic rings. The lowest BCUT2D eigenvalue weighted by Crippen LogP contribution is -2.23. The summed E-state index contributed by atoms with van der Waals surface area (Å²) in [5, 5.41) is 2.74. The zero-order valence-corrected chi connectivity index (χ0v) is 13.2. The van der Waals surface area contributed by atoms with E-state index in [2.05, 4.69) is 42.6 Å². The SMILES string of the molecule is CCNC(=O)CC(C)C.Cc1ccc2c(c1)C=CCC2. The first kappa shape index (κ1) is 16.5. The van der Waals surface area contributed by atoms with Crippen LogP contribution in [0.1, 0.15) is 50.3 Å². The quantitative estimate of drug-likeness (QED) is 0.881. The molecule has 1 N–H and O–H groups in total. The van der Waals surface area contributed by atoms with E-state index in [9.17, 15) is 4.79 Å². The van der Waals surface area contributed by atoms with Crippen molar-refractivity contribution >= 4 is 12.0 Å². The Kier molecular flexibility index (Phi) is 7.06. The highest BCUT2D eigenvalue weighted by Gasteiger charge is 2.02. The molecule has 0 unspecified atom stereocenters. The maximum Gasteiger partial charge on any atom is 0.220 e. The fraction of sp³-hybridized carbons (Fsp3) is 0.500. The molecule has 2 rings (SSSR count). The number of amides is 1. The fourth-order valence-corrected chi connectivity index (χ4v) is 2.19. The predicted molar refractivity (Wildman–Crippen MR) is 86.7 cm³/mol. The van der Waals surface area contributed by atoms with Crippen molar-refractivity contribution in [2.24, 2.45) is 5.92 Å². The van der Waals surface area contributed by atoms with Crippen molar-refractivity contribution in [2.45, 2.75) is 47.0 Å². The molecule has 1 aromatic carbocycles. The molecule has 0 saturated heterocycles. The van der Waals surface area contributed by atoms with Gasteiger partial charge in [0.15, 0.2) is 0 Å². The van der Waals surface area contributed by atoms with E-state index in [4.69, 9.17) is 0 Å². The van der Waals surface area contributed by atoms with Gasteiger partial charge in [-0.25, -0.2) is 0 Å². The van der Waals surface area contributed by atoms with Gasteiger partial charge in [0.25, 0.3) is 0 Å². The van der Waals surface area contributed by atoms with Crippen LogP contribution in [0.4, 0.5) is 0 Å². The van der Waals surface area contributed by atoms with Gasteiger partial charge in [0.1, 0.15) is 0 Å². The summed E-state index contributed by atoms with van der Waals surface area (Å²) in [5.74, 6) is 0.629. The zero-order chi connectivity index (χ0) is 15.0. The lowest BCUT2D eigenvalue weighted by Gasteiger charge is -2.09. The standard InChI is InChI=1S/C11H12.C7H15NO/c1-9-6-7-10-4-2-3-5-11(10)8-9;1-4-8-7(9)5-6(2)3/h3,5-8H,2,4H2,1H3;6H,4-5H2,1-3H3,(H,8,9). The molecule has 110 valence electrons. The van der Waals surface area contributed by atoms with Crippen LogP contribution in [0.25, 0.3) is 6.08 Å². The Morgan fingerprint density at radius 1 is 1.35 bits per heavy atom. The van der Waals surface area contributed by atoms with E-state index in [0.29, 0.717) is 12.3 Å². The van der Waals surface area contributed by atoms with Gasteiger partial charge >= 0.3 is 0 Å². The summed E-state index contributed by atoms with van der Waals surface area (Å²) in [4.78, 5) is 10.7. The zero-order valence-electron chi connectivity index (χ0n) is 13.2. The van der Waals surface area contributed by atoms with Crippen LogP contribution in [0.5, 0.6) is 0 Å². The molecule has 1 aliphatic carbocycles. The second-order valence-corrected chi connectivity index (χ2v) is 5.69. The van der Waals surface area contributed by atoms with Gasteiger partial charge in [-0.2, -0.15) is 0 Å². The van der Waals surface area contributed by atoms with Crippen molar-refractivity contribution in [3.05, 3.63) is 41.0 Å². The maximum absolute atomic E-state index is 10.7. The van der Waals surface area contributed by atoms with Gasteiger partial charge in [0, 0.05) is 13.0 Å². The van der Waals surface area contributed by atoms with Crippen molar-refractivity contribution in [1.29, 1.82) is 0 Å². The van der Waals surface area contributed by atoms with Crippen LogP contribution in [0.2, 0.25) is 0 Å². The van der Waals surface area contributed by atoms with Crippen molar-refractivity contribution < 1.29 is 4.79 Å². The summed E-state index contributed by atoms with van der Waals surface area (Å²) < 4.78 is 0. The summed E-state index contributed by atoms with van der Waals surface area (Å²) in [5.41, 5.74) is 4.27. The van der Waals surface area contributed by atoms with Gasteiger partial charge in [0.05, 0.1) is 0 Å². The molecule has 0 atom stereocenters. The molecule has 1 aromatic rings. The third-order valence-corrected chi connectivity index (χ3v) is 3.15. The minimum absolute atomic E-state index is 0.160. The highest BCUT2D eigenvalue weighted by molar-refractivity contribution is 5.75. The molecule has 20 heavy (non-hydrogen) atoms. The van der Waals surface area contributed by atoms with Gasteiger partial charge in [-0.05, 0) is 43.7 Å². The smallest absolute Gasteiger partial charge is 0.220 e. The highest BCUT2D eigenvalue weighted by Crippen LogP contribution is 2.19. The third-order valence-electron chi connectivity index (χ3n) is 3.15. The monoisotopic (exact) mass is 273 g/mol. The van der Waals surface area contributed by atoms with E-state index in [1.54, 1.807) is 0 Å². The number of aryl methyl sites for hydroxylation is 2. The topological polar surface area (TPSA) is 29.1 Å². The summed E-state index contributed by atoms with van der Waals surface area (Å²) >= 11 is 0. The molecule has 2 nitrogen and oxygen atoms in total. The summed E-state index contributed by atoms with van der Waals surface area (Å²) in [6, 6.07) is 6.69. The van der Waals surface area contributed by atoms with Crippen LogP contribution in [0.15, 0.2) is 24.3 Å². The van der Waals surface area contributed by atoms with Crippen LogP contribution < -0.4 is 5.32 Å². The molecule has 2 heteroatoms. The van der Waals surface area contributed by atoms with Crippen molar-refractivity contribution in [3.63, 3.8) is 0 Å². The van der Waals surface area contributed by atoms with E-state index in [1.807, 2.05) is 20.8 Å². The first-order valence-corrected chi connectivity index (χ1v) is 7.55. The molecule has 0 heterocycles. The number of allylic oxidation sites excluding steroid dienone is 1. The van der Waals surface area contributed by atoms with E-state index in [1.165, 1.54) is 29.5 Å². The number of hydrogen-bond acceptors (Lipinski definition) is 1. The average molecular weight is 273 g/mol. The summed E-state index contributed by atoms with van der Waals surface area (Å²) in [7, 11) is 0. The first-order valence-electron chi connectivity index (χ1n) is 7.55. The summed E-state index contributed by atoms with van der Waals surface area (Å²) in [6.07, 6.45) is 7.55. The van der Waals surface area contributed by atoms with Crippen molar-refractivity contribution in [2.75, 3.05) is 6.54 Å². The lowest BCUT2D eigenvalue weighted by atomic mass is 9.96.